The first-order valence-corrected chi connectivity index (χ1v) is 11.8. The molecule has 0 saturated carbocycles. The molecule has 2 atom stereocenters. The molecule has 1 aliphatic heterocycles. The molecule has 0 radical (unpaired) electrons. The van der Waals surface area contributed by atoms with Gasteiger partial charge in [-0.2, -0.15) is 5.10 Å². The first-order valence-electron chi connectivity index (χ1n) is 9.99. The van der Waals surface area contributed by atoms with E-state index in [1.54, 1.807) is 0 Å². The van der Waals surface area contributed by atoms with Crippen LogP contribution in [0.2, 0.25) is 0 Å². The second-order valence-corrected chi connectivity index (χ2v) is 10.6. The molecule has 1 fully saturated rings. The Bertz CT molecular complexity index is 1030. The average Bonchev–Trinajstić information content (AvgIpc) is 3.11. The van der Waals surface area contributed by atoms with Gasteiger partial charge in [-0.25, -0.2) is 8.42 Å². The van der Waals surface area contributed by atoms with Gasteiger partial charge in [0.05, 0.1) is 35.9 Å². The topological polar surface area (TPSA) is 85.5 Å². The van der Waals surface area contributed by atoms with Gasteiger partial charge in [0, 0.05) is 11.4 Å². The van der Waals surface area contributed by atoms with Gasteiger partial charge in [0.15, 0.2) is 16.4 Å². The fraction of sp³-hybridized carbons (Fsp3) is 0.524. The summed E-state index contributed by atoms with van der Waals surface area (Å²) in [6.07, 6.45) is 0.616. The maximum atomic E-state index is 12.5. The molecular formula is C21H31N4O3S+. The van der Waals surface area contributed by atoms with Crippen molar-refractivity contribution < 1.29 is 18.1 Å². The number of aromatic nitrogens is 2. The summed E-state index contributed by atoms with van der Waals surface area (Å²) in [6, 6.07) is 5.90. The van der Waals surface area contributed by atoms with Crippen LogP contribution in [0, 0.1) is 27.7 Å². The quantitative estimate of drug-likeness (QED) is 0.735. The van der Waals surface area contributed by atoms with Crippen LogP contribution in [0.25, 0.3) is 0 Å². The zero-order valence-electron chi connectivity index (χ0n) is 17.9. The third-order valence-electron chi connectivity index (χ3n) is 5.63. The van der Waals surface area contributed by atoms with E-state index in [0.717, 1.165) is 33.1 Å². The van der Waals surface area contributed by atoms with Crippen LogP contribution in [0.1, 0.15) is 40.5 Å². The standard InChI is InChI=1S/C21H30N4O3S/c1-14-6-7-20(15(2)10-14)22-21(26)12-24(5)11-19-16(3)23-25(17(19)4)18-8-9-29(27,28)13-18/h6-7,10,18H,8-9,11-13H2,1-5H3,(H,22,26)/p+1/t18-/m0/s1. The lowest BCUT2D eigenvalue weighted by atomic mass is 10.1. The molecule has 1 amide bonds. The van der Waals surface area contributed by atoms with Gasteiger partial charge in [-0.3, -0.25) is 9.48 Å². The Kier molecular flexibility index (Phi) is 6.14. The monoisotopic (exact) mass is 419 g/mol. The zero-order valence-corrected chi connectivity index (χ0v) is 18.7. The molecule has 7 nitrogen and oxygen atoms in total. The van der Waals surface area contributed by atoms with E-state index < -0.39 is 9.84 Å². The first kappa shape index (κ1) is 21.5. The van der Waals surface area contributed by atoms with Crippen LogP contribution in [-0.4, -0.2) is 49.2 Å². The van der Waals surface area contributed by atoms with Gasteiger partial charge in [0.1, 0.15) is 6.54 Å². The van der Waals surface area contributed by atoms with E-state index in [1.807, 2.05) is 51.6 Å². The molecule has 1 aromatic heterocycles. The second kappa shape index (κ2) is 8.28. The van der Waals surface area contributed by atoms with Crippen molar-refractivity contribution in [3.63, 3.8) is 0 Å². The number of nitrogens with one attached hydrogen (secondary N) is 2. The van der Waals surface area contributed by atoms with Crippen LogP contribution < -0.4 is 10.2 Å². The van der Waals surface area contributed by atoms with Gasteiger partial charge in [-0.15, -0.1) is 0 Å². The molecule has 8 heteroatoms. The largest absolute Gasteiger partial charge is 0.326 e. The normalized spacial score (nSPS) is 19.3. The highest BCUT2D eigenvalue weighted by atomic mass is 32.2. The van der Waals surface area contributed by atoms with Crippen molar-refractivity contribution in [3.8, 4) is 0 Å². The maximum absolute atomic E-state index is 12.5. The number of carbonyl (C=O) groups is 1. The average molecular weight is 420 g/mol. The second-order valence-electron chi connectivity index (χ2n) is 8.33. The van der Waals surface area contributed by atoms with Crippen LogP contribution in [0.15, 0.2) is 18.2 Å². The summed E-state index contributed by atoms with van der Waals surface area (Å²) in [6.45, 7) is 8.97. The van der Waals surface area contributed by atoms with Gasteiger partial charge in [-0.05, 0) is 45.7 Å². The molecule has 0 bridgehead atoms. The predicted octanol–water partition coefficient (Wildman–Crippen LogP) is 1.13. The summed E-state index contributed by atoms with van der Waals surface area (Å²) >= 11 is 0. The van der Waals surface area contributed by atoms with Gasteiger partial charge in [0.25, 0.3) is 5.91 Å². The number of likely N-dealkylation sites (N-methyl/N-ethyl adjacent to an activating group) is 1. The number of rotatable bonds is 6. The molecule has 0 aliphatic carbocycles. The van der Waals surface area contributed by atoms with E-state index in [2.05, 4.69) is 16.5 Å². The van der Waals surface area contributed by atoms with Crippen molar-refractivity contribution in [2.45, 2.75) is 46.7 Å². The highest BCUT2D eigenvalue weighted by molar-refractivity contribution is 7.91. The predicted molar refractivity (Wildman–Crippen MR) is 114 cm³/mol. The number of nitrogens with zero attached hydrogens (tertiary/aromatic N) is 2. The van der Waals surface area contributed by atoms with Crippen molar-refractivity contribution in [1.29, 1.82) is 0 Å². The number of quaternary nitrogens is 1. The first-order chi connectivity index (χ1) is 13.6. The maximum Gasteiger partial charge on any atom is 0.279 e. The Balaban J connectivity index is 1.64. The molecule has 1 unspecified atom stereocenters. The van der Waals surface area contributed by atoms with Crippen molar-refractivity contribution in [2.75, 3.05) is 30.4 Å². The van der Waals surface area contributed by atoms with Crippen molar-refractivity contribution >= 4 is 21.4 Å². The lowest BCUT2D eigenvalue weighted by Crippen LogP contribution is -3.08. The molecule has 158 valence electrons. The number of amides is 1. The van der Waals surface area contributed by atoms with E-state index in [9.17, 15) is 13.2 Å². The Morgan fingerprint density at radius 1 is 1.28 bits per heavy atom. The van der Waals surface area contributed by atoms with E-state index in [1.165, 1.54) is 5.56 Å². The summed E-state index contributed by atoms with van der Waals surface area (Å²) < 4.78 is 25.5. The minimum Gasteiger partial charge on any atom is -0.326 e. The van der Waals surface area contributed by atoms with Crippen LogP contribution in [0.4, 0.5) is 5.69 Å². The number of hydrogen-bond donors (Lipinski definition) is 2. The van der Waals surface area contributed by atoms with Crippen LogP contribution in [-0.2, 0) is 21.2 Å². The fourth-order valence-corrected chi connectivity index (χ4v) is 5.76. The van der Waals surface area contributed by atoms with E-state index in [0.29, 0.717) is 19.5 Å². The number of benzene rings is 1. The van der Waals surface area contributed by atoms with Crippen molar-refractivity contribution in [1.82, 2.24) is 9.78 Å². The van der Waals surface area contributed by atoms with Crippen LogP contribution in [0.3, 0.4) is 0 Å². The summed E-state index contributed by atoms with van der Waals surface area (Å²) in [5.41, 5.74) is 6.05. The van der Waals surface area contributed by atoms with E-state index in [4.69, 9.17) is 0 Å². The molecule has 29 heavy (non-hydrogen) atoms. The smallest absolute Gasteiger partial charge is 0.279 e. The number of hydrogen-bond acceptors (Lipinski definition) is 4. The lowest BCUT2D eigenvalue weighted by molar-refractivity contribution is -0.885. The summed E-state index contributed by atoms with van der Waals surface area (Å²) in [7, 11) is -0.974. The molecule has 1 aromatic carbocycles. The number of aryl methyl sites for hydroxylation is 3. The zero-order chi connectivity index (χ0) is 21.3. The van der Waals surface area contributed by atoms with Gasteiger partial charge in [-0.1, -0.05) is 17.7 Å². The van der Waals surface area contributed by atoms with E-state index in [-0.39, 0.29) is 23.5 Å². The van der Waals surface area contributed by atoms with E-state index >= 15 is 0 Å². The van der Waals surface area contributed by atoms with Gasteiger partial charge >= 0.3 is 0 Å². The summed E-state index contributed by atoms with van der Waals surface area (Å²) in [4.78, 5) is 13.5. The number of carbonyl (C=O) groups excluding carboxylic acids is 1. The van der Waals surface area contributed by atoms with Gasteiger partial charge < -0.3 is 10.2 Å². The Morgan fingerprint density at radius 2 is 2.00 bits per heavy atom. The highest BCUT2D eigenvalue weighted by Gasteiger charge is 2.32. The SMILES string of the molecule is Cc1ccc(NC(=O)C[NH+](C)Cc2c(C)nn([C@H]3CCS(=O)(=O)C3)c2C)c(C)c1. The molecule has 1 saturated heterocycles. The molecule has 2 heterocycles. The van der Waals surface area contributed by atoms with Crippen LogP contribution in [0.5, 0.6) is 0 Å². The minimum atomic E-state index is -2.96. The Labute approximate surface area is 173 Å². The number of sulfone groups is 1. The molecule has 3 rings (SSSR count). The third-order valence-corrected chi connectivity index (χ3v) is 7.38. The number of anilines is 1. The van der Waals surface area contributed by atoms with Gasteiger partial charge in [0.2, 0.25) is 0 Å². The molecule has 2 N–H and O–H groups in total. The third kappa shape index (κ3) is 5.05. The van der Waals surface area contributed by atoms with Crippen molar-refractivity contribution in [2.24, 2.45) is 0 Å². The minimum absolute atomic E-state index is 0.0287. The summed E-state index contributed by atoms with van der Waals surface area (Å²) in [5.74, 6) is 0.365. The van der Waals surface area contributed by atoms with Crippen molar-refractivity contribution in [3.05, 3.63) is 46.3 Å². The summed E-state index contributed by atoms with van der Waals surface area (Å²) in [5, 5.41) is 7.61. The Hall–Kier alpha value is -2.19. The lowest BCUT2D eigenvalue weighted by Gasteiger charge is -2.16. The molecular weight excluding hydrogens is 388 g/mol. The molecule has 0 spiro atoms. The molecule has 1 aliphatic rings. The van der Waals surface area contributed by atoms with Crippen LogP contribution >= 0.6 is 0 Å². The highest BCUT2D eigenvalue weighted by Crippen LogP contribution is 2.26. The Morgan fingerprint density at radius 3 is 2.62 bits per heavy atom. The molecule has 2 aromatic rings. The fourth-order valence-electron chi connectivity index (χ4n) is 4.06.